The maximum absolute atomic E-state index is 10.8. The van der Waals surface area contributed by atoms with Gasteiger partial charge in [-0.1, -0.05) is 6.92 Å². The molecule has 0 heterocycles. The quantitative estimate of drug-likeness (QED) is 0.481. The average molecular weight is 183 g/mol. The van der Waals surface area contributed by atoms with Crippen molar-refractivity contribution in [2.45, 2.75) is 38.6 Å². The van der Waals surface area contributed by atoms with Crippen molar-refractivity contribution < 1.29 is 9.90 Å². The lowest BCUT2D eigenvalue weighted by Crippen LogP contribution is -2.49. The first-order valence-electron chi connectivity index (χ1n) is 4.48. The van der Waals surface area contributed by atoms with E-state index in [0.717, 1.165) is 6.42 Å². The van der Waals surface area contributed by atoms with Gasteiger partial charge in [-0.3, -0.25) is 4.79 Å². The molecule has 0 rings (SSSR count). The molecule has 13 heavy (non-hydrogen) atoms. The van der Waals surface area contributed by atoms with Gasteiger partial charge in [-0.2, -0.15) is 0 Å². The van der Waals surface area contributed by atoms with E-state index in [1.54, 1.807) is 6.92 Å². The molecule has 0 saturated heterocycles. The Morgan fingerprint density at radius 3 is 2.69 bits per heavy atom. The Balaban J connectivity index is 3.86. The van der Waals surface area contributed by atoms with Crippen LogP contribution < -0.4 is 5.32 Å². The summed E-state index contributed by atoms with van der Waals surface area (Å²) in [5.74, 6) is 1.70. The lowest BCUT2D eigenvalue weighted by atomic mass is 9.99. The van der Waals surface area contributed by atoms with Crippen molar-refractivity contribution in [3.05, 3.63) is 0 Å². The normalized spacial score (nSPS) is 14.5. The average Bonchev–Trinajstić information content (AvgIpc) is 2.12. The van der Waals surface area contributed by atoms with Crippen molar-refractivity contribution in [1.29, 1.82) is 0 Å². The number of terminal acetylenes is 1. The third-order valence-corrected chi connectivity index (χ3v) is 2.19. The smallest absolute Gasteiger partial charge is 0.323 e. The summed E-state index contributed by atoms with van der Waals surface area (Å²) in [5, 5.41) is 11.9. The van der Waals surface area contributed by atoms with E-state index in [1.807, 2.05) is 6.92 Å². The molecule has 0 spiro atoms. The number of rotatable bonds is 6. The zero-order valence-corrected chi connectivity index (χ0v) is 8.26. The number of carboxylic acids is 1. The van der Waals surface area contributed by atoms with Gasteiger partial charge in [0.1, 0.15) is 5.54 Å². The SMILES string of the molecule is C#CCCCNC(C)(CC)C(=O)O. The Morgan fingerprint density at radius 2 is 2.31 bits per heavy atom. The van der Waals surface area contributed by atoms with Crippen molar-refractivity contribution in [2.24, 2.45) is 0 Å². The summed E-state index contributed by atoms with van der Waals surface area (Å²) in [4.78, 5) is 10.8. The minimum atomic E-state index is -0.811. The standard InChI is InChI=1S/C10H17NO2/c1-4-6-7-8-11-10(3,5-2)9(12)13/h1,11H,5-8H2,2-3H3,(H,12,13). The molecule has 0 saturated carbocycles. The second-order valence-corrected chi connectivity index (χ2v) is 3.23. The van der Waals surface area contributed by atoms with Crippen molar-refractivity contribution in [3.8, 4) is 12.3 Å². The van der Waals surface area contributed by atoms with Crippen molar-refractivity contribution >= 4 is 5.97 Å². The highest BCUT2D eigenvalue weighted by Gasteiger charge is 2.29. The number of nitrogens with one attached hydrogen (secondary N) is 1. The number of carboxylic acid groups (broad SMARTS) is 1. The van der Waals surface area contributed by atoms with E-state index in [-0.39, 0.29) is 0 Å². The Hall–Kier alpha value is -1.01. The first kappa shape index (κ1) is 12.0. The molecule has 0 aromatic carbocycles. The van der Waals surface area contributed by atoms with Gasteiger partial charge in [0.05, 0.1) is 0 Å². The van der Waals surface area contributed by atoms with Gasteiger partial charge in [-0.25, -0.2) is 0 Å². The van der Waals surface area contributed by atoms with Gasteiger partial charge in [0.2, 0.25) is 0 Å². The molecular weight excluding hydrogens is 166 g/mol. The van der Waals surface area contributed by atoms with Gasteiger partial charge in [0.15, 0.2) is 0 Å². The topological polar surface area (TPSA) is 49.3 Å². The van der Waals surface area contributed by atoms with Crippen LogP contribution in [0, 0.1) is 12.3 Å². The van der Waals surface area contributed by atoms with Crippen LogP contribution in [-0.2, 0) is 4.79 Å². The Morgan fingerprint density at radius 1 is 1.69 bits per heavy atom. The summed E-state index contributed by atoms with van der Waals surface area (Å²) >= 11 is 0. The second-order valence-electron chi connectivity index (χ2n) is 3.23. The highest BCUT2D eigenvalue weighted by Crippen LogP contribution is 2.08. The molecule has 0 fully saturated rings. The molecule has 2 N–H and O–H groups in total. The number of hydrogen-bond acceptors (Lipinski definition) is 2. The molecule has 0 aromatic heterocycles. The molecule has 0 bridgehead atoms. The molecule has 0 amide bonds. The monoisotopic (exact) mass is 183 g/mol. The number of aliphatic carboxylic acids is 1. The third-order valence-electron chi connectivity index (χ3n) is 2.19. The molecule has 0 aliphatic heterocycles. The predicted molar refractivity (Wildman–Crippen MR) is 52.4 cm³/mol. The van der Waals surface area contributed by atoms with E-state index in [9.17, 15) is 4.79 Å². The summed E-state index contributed by atoms with van der Waals surface area (Å²) in [5.41, 5.74) is -0.811. The van der Waals surface area contributed by atoms with Gasteiger partial charge in [-0.15, -0.1) is 12.3 Å². The molecule has 3 nitrogen and oxygen atoms in total. The highest BCUT2D eigenvalue weighted by molar-refractivity contribution is 5.78. The Kier molecular flexibility index (Phi) is 5.17. The van der Waals surface area contributed by atoms with Crippen LogP contribution >= 0.6 is 0 Å². The summed E-state index contributed by atoms with van der Waals surface area (Å²) < 4.78 is 0. The Labute approximate surface area is 79.5 Å². The van der Waals surface area contributed by atoms with Crippen molar-refractivity contribution in [1.82, 2.24) is 5.32 Å². The molecule has 74 valence electrons. The molecule has 1 unspecified atom stereocenters. The lowest BCUT2D eigenvalue weighted by Gasteiger charge is -2.24. The van der Waals surface area contributed by atoms with Crippen molar-refractivity contribution in [2.75, 3.05) is 6.54 Å². The molecular formula is C10H17NO2. The van der Waals surface area contributed by atoms with Crippen LogP contribution in [0.3, 0.4) is 0 Å². The summed E-state index contributed by atoms with van der Waals surface area (Å²) in [6.07, 6.45) is 7.15. The minimum Gasteiger partial charge on any atom is -0.480 e. The number of unbranched alkanes of at least 4 members (excludes halogenated alkanes) is 1. The summed E-state index contributed by atoms with van der Waals surface area (Å²) in [6.45, 7) is 4.19. The van der Waals surface area contributed by atoms with Gasteiger partial charge in [0, 0.05) is 6.42 Å². The van der Waals surface area contributed by atoms with Crippen LogP contribution in [0.25, 0.3) is 0 Å². The van der Waals surface area contributed by atoms with Crippen LogP contribution in [0.4, 0.5) is 0 Å². The van der Waals surface area contributed by atoms with E-state index in [4.69, 9.17) is 11.5 Å². The summed E-state index contributed by atoms with van der Waals surface area (Å²) in [6, 6.07) is 0. The highest BCUT2D eigenvalue weighted by atomic mass is 16.4. The first-order valence-corrected chi connectivity index (χ1v) is 4.48. The van der Waals surface area contributed by atoms with Crippen LogP contribution in [-0.4, -0.2) is 23.2 Å². The van der Waals surface area contributed by atoms with Crippen LogP contribution in [0.1, 0.15) is 33.1 Å². The maximum Gasteiger partial charge on any atom is 0.323 e. The summed E-state index contributed by atoms with van der Waals surface area (Å²) in [7, 11) is 0. The van der Waals surface area contributed by atoms with Gasteiger partial charge < -0.3 is 10.4 Å². The maximum atomic E-state index is 10.8. The first-order chi connectivity index (χ1) is 6.06. The second kappa shape index (κ2) is 5.60. The zero-order valence-electron chi connectivity index (χ0n) is 8.26. The number of carbonyl (C=O) groups is 1. The fourth-order valence-electron chi connectivity index (χ4n) is 0.907. The molecule has 0 radical (unpaired) electrons. The van der Waals surface area contributed by atoms with E-state index < -0.39 is 11.5 Å². The number of hydrogen-bond donors (Lipinski definition) is 2. The molecule has 0 aliphatic rings. The third kappa shape index (κ3) is 3.95. The van der Waals surface area contributed by atoms with E-state index >= 15 is 0 Å². The Bertz CT molecular complexity index is 207. The lowest BCUT2D eigenvalue weighted by molar-refractivity contribution is -0.144. The zero-order chi connectivity index (χ0) is 10.3. The predicted octanol–water partition coefficient (Wildman–Crippen LogP) is 1.24. The van der Waals surface area contributed by atoms with Gasteiger partial charge >= 0.3 is 5.97 Å². The van der Waals surface area contributed by atoms with E-state index in [2.05, 4.69) is 11.2 Å². The van der Waals surface area contributed by atoms with Crippen LogP contribution in [0.2, 0.25) is 0 Å². The largest absolute Gasteiger partial charge is 0.480 e. The van der Waals surface area contributed by atoms with E-state index in [1.165, 1.54) is 0 Å². The van der Waals surface area contributed by atoms with E-state index in [0.29, 0.717) is 19.4 Å². The van der Waals surface area contributed by atoms with Crippen LogP contribution in [0.5, 0.6) is 0 Å². The van der Waals surface area contributed by atoms with Crippen molar-refractivity contribution in [3.63, 3.8) is 0 Å². The molecule has 1 atom stereocenters. The molecule has 0 aromatic rings. The molecule has 0 aliphatic carbocycles. The van der Waals surface area contributed by atoms with Gasteiger partial charge in [-0.05, 0) is 26.3 Å². The fraction of sp³-hybridized carbons (Fsp3) is 0.700. The minimum absolute atomic E-state index is 0.568. The molecule has 3 heteroatoms. The van der Waals surface area contributed by atoms with Gasteiger partial charge in [0.25, 0.3) is 0 Å². The van der Waals surface area contributed by atoms with Crippen LogP contribution in [0.15, 0.2) is 0 Å². The fourth-order valence-corrected chi connectivity index (χ4v) is 0.907.